The van der Waals surface area contributed by atoms with Crippen molar-refractivity contribution in [2.45, 2.75) is 65.2 Å². The van der Waals surface area contributed by atoms with Gasteiger partial charge in [-0.2, -0.15) is 0 Å². The van der Waals surface area contributed by atoms with Gasteiger partial charge in [0, 0.05) is 25.2 Å². The quantitative estimate of drug-likeness (QED) is 0.889. The summed E-state index contributed by atoms with van der Waals surface area (Å²) in [5.74, 6) is 0.843. The zero-order valence-electron chi connectivity index (χ0n) is 14.0. The Morgan fingerprint density at radius 3 is 2.19 bits per heavy atom. The van der Waals surface area contributed by atoms with Crippen LogP contribution in [0.25, 0.3) is 0 Å². The lowest BCUT2D eigenvalue weighted by molar-refractivity contribution is 0.0584. The van der Waals surface area contributed by atoms with Gasteiger partial charge in [-0.1, -0.05) is 45.0 Å². The number of hydrogen-bond donors (Lipinski definition) is 1. The van der Waals surface area contributed by atoms with Crippen molar-refractivity contribution in [1.29, 1.82) is 0 Å². The molecule has 3 rings (SSSR count). The Morgan fingerprint density at radius 1 is 1.05 bits per heavy atom. The fourth-order valence-electron chi connectivity index (χ4n) is 4.27. The van der Waals surface area contributed by atoms with E-state index in [4.69, 9.17) is 0 Å². The van der Waals surface area contributed by atoms with Crippen molar-refractivity contribution >= 4 is 0 Å². The highest BCUT2D eigenvalue weighted by Gasteiger charge is 2.39. The predicted molar refractivity (Wildman–Crippen MR) is 89.1 cm³/mol. The third-order valence-electron chi connectivity index (χ3n) is 5.75. The molecule has 2 heteroatoms. The molecule has 0 spiro atoms. The van der Waals surface area contributed by atoms with Crippen LogP contribution in [0, 0.1) is 11.3 Å². The summed E-state index contributed by atoms with van der Waals surface area (Å²) in [5, 5.41) is 3.59. The van der Waals surface area contributed by atoms with Crippen molar-refractivity contribution in [2.24, 2.45) is 11.3 Å². The van der Waals surface area contributed by atoms with Crippen molar-refractivity contribution < 1.29 is 0 Å². The molecule has 0 radical (unpaired) electrons. The Labute approximate surface area is 129 Å². The van der Waals surface area contributed by atoms with Gasteiger partial charge in [0.25, 0.3) is 0 Å². The van der Waals surface area contributed by atoms with Crippen LogP contribution in [0.4, 0.5) is 0 Å². The fraction of sp³-hybridized carbons (Fsp3) is 0.684. The van der Waals surface area contributed by atoms with Gasteiger partial charge in [-0.15, -0.1) is 0 Å². The second kappa shape index (κ2) is 5.73. The molecule has 1 heterocycles. The highest BCUT2D eigenvalue weighted by atomic mass is 15.2. The van der Waals surface area contributed by atoms with Crippen LogP contribution < -0.4 is 5.32 Å². The van der Waals surface area contributed by atoms with Gasteiger partial charge in [0.1, 0.15) is 0 Å². The van der Waals surface area contributed by atoms with Crippen molar-refractivity contribution in [1.82, 2.24) is 10.2 Å². The van der Waals surface area contributed by atoms with E-state index in [0.717, 1.165) is 19.0 Å². The van der Waals surface area contributed by atoms with E-state index in [9.17, 15) is 0 Å². The number of nitrogens with one attached hydrogen (secondary N) is 1. The summed E-state index contributed by atoms with van der Waals surface area (Å²) in [7, 11) is 2.14. The molecule has 0 amide bonds. The minimum Gasteiger partial charge on any atom is -0.315 e. The molecule has 3 atom stereocenters. The van der Waals surface area contributed by atoms with Gasteiger partial charge in [0.15, 0.2) is 0 Å². The first-order chi connectivity index (χ1) is 9.99. The zero-order chi connectivity index (χ0) is 15.0. The molecular formula is C19H30N2. The molecule has 2 aliphatic rings. The molecule has 1 aromatic rings. The number of rotatable bonds is 2. The van der Waals surface area contributed by atoms with Crippen LogP contribution in [0.15, 0.2) is 24.3 Å². The van der Waals surface area contributed by atoms with Gasteiger partial charge in [-0.05, 0) is 48.8 Å². The number of likely N-dealkylation sites (N-methyl/N-ethyl adjacent to an activating group) is 1. The van der Waals surface area contributed by atoms with Crippen molar-refractivity contribution in [2.75, 3.05) is 7.05 Å². The predicted octanol–water partition coefficient (Wildman–Crippen LogP) is 3.81. The number of hydrogen-bond acceptors (Lipinski definition) is 2. The number of nitrogens with zero attached hydrogens (tertiary/aromatic N) is 1. The maximum absolute atomic E-state index is 3.59. The molecule has 21 heavy (non-hydrogen) atoms. The molecule has 1 aliphatic heterocycles. The van der Waals surface area contributed by atoms with E-state index in [1.165, 1.54) is 30.4 Å². The van der Waals surface area contributed by atoms with Gasteiger partial charge in [-0.3, -0.25) is 4.90 Å². The van der Waals surface area contributed by atoms with Crippen LogP contribution >= 0.6 is 0 Å². The lowest BCUT2D eigenvalue weighted by Gasteiger charge is -2.45. The highest BCUT2D eigenvalue weighted by Crippen LogP contribution is 2.41. The van der Waals surface area contributed by atoms with Crippen LogP contribution in [-0.4, -0.2) is 24.0 Å². The van der Waals surface area contributed by atoms with E-state index in [1.807, 2.05) is 0 Å². The monoisotopic (exact) mass is 286 g/mol. The Hall–Kier alpha value is -0.860. The maximum atomic E-state index is 3.59. The van der Waals surface area contributed by atoms with Gasteiger partial charge >= 0.3 is 0 Å². The normalized spacial score (nSPS) is 30.4. The zero-order valence-corrected chi connectivity index (χ0v) is 14.0. The topological polar surface area (TPSA) is 15.3 Å². The summed E-state index contributed by atoms with van der Waals surface area (Å²) < 4.78 is 0. The first kappa shape index (κ1) is 15.1. The number of fused-ring (bicyclic) bond motifs is 1. The Bertz CT molecular complexity index is 464. The SMILES string of the molecule is CNC1CCC(C(C)(C)C)CC1N1Cc2ccccc2C1. The summed E-state index contributed by atoms with van der Waals surface area (Å²) in [6, 6.07) is 10.3. The molecule has 1 aliphatic carbocycles. The fourth-order valence-corrected chi connectivity index (χ4v) is 4.27. The lowest BCUT2D eigenvalue weighted by atomic mass is 9.69. The van der Waals surface area contributed by atoms with Gasteiger partial charge in [0.2, 0.25) is 0 Å². The van der Waals surface area contributed by atoms with E-state index >= 15 is 0 Å². The van der Waals surface area contributed by atoms with Crippen LogP contribution in [0.1, 0.15) is 51.2 Å². The summed E-state index contributed by atoms with van der Waals surface area (Å²) in [6.07, 6.45) is 4.02. The first-order valence-electron chi connectivity index (χ1n) is 8.47. The molecular weight excluding hydrogens is 256 g/mol. The first-order valence-corrected chi connectivity index (χ1v) is 8.47. The minimum atomic E-state index is 0.434. The van der Waals surface area contributed by atoms with E-state index in [-0.39, 0.29) is 0 Å². The van der Waals surface area contributed by atoms with Gasteiger partial charge in [0.05, 0.1) is 0 Å². The molecule has 116 valence electrons. The van der Waals surface area contributed by atoms with Crippen molar-refractivity contribution in [3.8, 4) is 0 Å². The van der Waals surface area contributed by atoms with Crippen LogP contribution in [0.5, 0.6) is 0 Å². The largest absolute Gasteiger partial charge is 0.315 e. The molecule has 0 aromatic heterocycles. The molecule has 0 saturated heterocycles. The molecule has 3 unspecified atom stereocenters. The summed E-state index contributed by atoms with van der Waals surface area (Å²) in [4.78, 5) is 2.71. The van der Waals surface area contributed by atoms with E-state index in [1.54, 1.807) is 0 Å². The van der Waals surface area contributed by atoms with Crippen LogP contribution in [-0.2, 0) is 13.1 Å². The van der Waals surface area contributed by atoms with Crippen LogP contribution in [0.3, 0.4) is 0 Å². The van der Waals surface area contributed by atoms with E-state index in [2.05, 4.69) is 62.3 Å². The maximum Gasteiger partial charge on any atom is 0.0259 e. The standard InChI is InChI=1S/C19H30N2/c1-19(2,3)16-9-10-17(20-4)18(11-16)21-12-14-7-5-6-8-15(14)13-21/h5-8,16-18,20H,9-13H2,1-4H3. The molecule has 1 N–H and O–H groups in total. The minimum absolute atomic E-state index is 0.434. The Morgan fingerprint density at radius 2 is 1.67 bits per heavy atom. The van der Waals surface area contributed by atoms with Crippen molar-refractivity contribution in [3.63, 3.8) is 0 Å². The third-order valence-corrected chi connectivity index (χ3v) is 5.75. The summed E-state index contributed by atoms with van der Waals surface area (Å²) in [5.41, 5.74) is 3.50. The highest BCUT2D eigenvalue weighted by molar-refractivity contribution is 5.30. The van der Waals surface area contributed by atoms with Gasteiger partial charge in [-0.25, -0.2) is 0 Å². The second-order valence-corrected chi connectivity index (χ2v) is 8.01. The average Bonchev–Trinajstić information content (AvgIpc) is 2.89. The lowest BCUT2D eigenvalue weighted by Crippen LogP contribution is -2.52. The third kappa shape index (κ3) is 3.02. The average molecular weight is 286 g/mol. The molecule has 1 saturated carbocycles. The molecule has 1 fully saturated rings. The Kier molecular flexibility index (Phi) is 4.11. The molecule has 0 bridgehead atoms. The Balaban J connectivity index is 1.76. The smallest absolute Gasteiger partial charge is 0.0259 e. The summed E-state index contributed by atoms with van der Waals surface area (Å²) in [6.45, 7) is 9.50. The van der Waals surface area contributed by atoms with Gasteiger partial charge < -0.3 is 5.32 Å². The second-order valence-electron chi connectivity index (χ2n) is 8.01. The van der Waals surface area contributed by atoms with Crippen molar-refractivity contribution in [3.05, 3.63) is 35.4 Å². The molecule has 2 nitrogen and oxygen atoms in total. The van der Waals surface area contributed by atoms with E-state index in [0.29, 0.717) is 17.5 Å². The number of benzene rings is 1. The van der Waals surface area contributed by atoms with E-state index < -0.39 is 0 Å². The summed E-state index contributed by atoms with van der Waals surface area (Å²) >= 11 is 0. The van der Waals surface area contributed by atoms with Crippen LogP contribution in [0.2, 0.25) is 0 Å². The molecule has 1 aromatic carbocycles.